The van der Waals surface area contributed by atoms with Crippen LogP contribution in [0.25, 0.3) is 0 Å². The number of β-lactam (4-membered cyclic amide) rings is 1. The summed E-state index contributed by atoms with van der Waals surface area (Å²) in [6.45, 7) is 2.49. The Labute approximate surface area is 144 Å². The van der Waals surface area contributed by atoms with Crippen LogP contribution < -0.4 is 10.4 Å². The molecule has 0 aromatic heterocycles. The Bertz CT molecular complexity index is 849. The lowest BCUT2D eigenvalue weighted by atomic mass is 9.96. The molecule has 0 radical (unpaired) electrons. The van der Waals surface area contributed by atoms with E-state index in [1.165, 1.54) is 13.8 Å². The van der Waals surface area contributed by atoms with Crippen LogP contribution in [0.4, 0.5) is 0 Å². The van der Waals surface area contributed by atoms with E-state index in [9.17, 15) is 27.9 Å². The predicted molar refractivity (Wildman–Crippen MR) is 84.5 cm³/mol. The fourth-order valence-electron chi connectivity index (χ4n) is 3.43. The second-order valence-electron chi connectivity index (χ2n) is 6.71. The zero-order valence-electron chi connectivity index (χ0n) is 13.6. The van der Waals surface area contributed by atoms with E-state index in [4.69, 9.17) is 0 Å². The highest BCUT2D eigenvalue weighted by molar-refractivity contribution is 7.94. The molecule has 1 aromatic carbocycles. The first-order valence-electron chi connectivity index (χ1n) is 7.69. The molecule has 0 spiro atoms. The summed E-state index contributed by atoms with van der Waals surface area (Å²) in [4.78, 5) is 36.6. The maximum atomic E-state index is 12.7. The molecule has 2 amide bonds. The van der Waals surface area contributed by atoms with Crippen molar-refractivity contribution in [3.63, 3.8) is 0 Å². The molecule has 8 nitrogen and oxygen atoms in total. The number of sulfone groups is 1. The Kier molecular flexibility index (Phi) is 3.86. The van der Waals surface area contributed by atoms with Crippen LogP contribution in [-0.4, -0.2) is 53.3 Å². The molecule has 0 aliphatic carbocycles. The van der Waals surface area contributed by atoms with Crippen molar-refractivity contribution >= 4 is 27.6 Å². The number of aliphatic carboxylic acids is 1. The lowest BCUT2D eigenvalue weighted by Gasteiger charge is -2.44. The first kappa shape index (κ1) is 17.4. The predicted octanol–water partition coefficient (Wildman–Crippen LogP) is -1.79. The minimum Gasteiger partial charge on any atom is -0.548 e. The zero-order valence-corrected chi connectivity index (χ0v) is 14.4. The molecule has 2 aliphatic rings. The van der Waals surface area contributed by atoms with Gasteiger partial charge in [-0.3, -0.25) is 9.59 Å². The van der Waals surface area contributed by atoms with Crippen molar-refractivity contribution < 1.29 is 27.9 Å². The van der Waals surface area contributed by atoms with Gasteiger partial charge in [0.15, 0.2) is 15.2 Å². The van der Waals surface area contributed by atoms with E-state index in [1.807, 2.05) is 0 Å². The molecule has 2 saturated heterocycles. The van der Waals surface area contributed by atoms with E-state index in [-0.39, 0.29) is 6.42 Å². The van der Waals surface area contributed by atoms with Crippen molar-refractivity contribution in [1.29, 1.82) is 0 Å². The van der Waals surface area contributed by atoms with Gasteiger partial charge >= 0.3 is 0 Å². The third-order valence-electron chi connectivity index (χ3n) is 4.82. The van der Waals surface area contributed by atoms with Crippen LogP contribution >= 0.6 is 0 Å². The van der Waals surface area contributed by atoms with Gasteiger partial charge in [0, 0.05) is 0 Å². The number of rotatable bonds is 4. The summed E-state index contributed by atoms with van der Waals surface area (Å²) in [6.07, 6.45) is -0.00923. The number of fused-ring (bicyclic) bond motifs is 1. The van der Waals surface area contributed by atoms with Gasteiger partial charge in [0.1, 0.15) is 6.04 Å². The Morgan fingerprint density at radius 3 is 2.40 bits per heavy atom. The summed E-state index contributed by atoms with van der Waals surface area (Å²) >= 11 is 0. The topological polar surface area (TPSA) is 124 Å². The number of nitrogens with zero attached hydrogens (tertiary/aromatic N) is 1. The number of carbonyl (C=O) groups is 3. The second-order valence-corrected chi connectivity index (χ2v) is 9.34. The molecule has 0 unspecified atom stereocenters. The normalized spacial score (nSPS) is 28.8. The summed E-state index contributed by atoms with van der Waals surface area (Å²) in [7, 11) is -3.99. The van der Waals surface area contributed by atoms with E-state index in [2.05, 4.69) is 5.32 Å². The van der Waals surface area contributed by atoms with E-state index in [1.54, 1.807) is 30.3 Å². The first-order chi connectivity index (χ1) is 11.6. The van der Waals surface area contributed by atoms with Crippen molar-refractivity contribution in [3.05, 3.63) is 35.9 Å². The van der Waals surface area contributed by atoms with E-state index in [0.717, 1.165) is 4.90 Å². The minimum absolute atomic E-state index is 0.00923. The second kappa shape index (κ2) is 5.55. The van der Waals surface area contributed by atoms with Crippen LogP contribution in [0.15, 0.2) is 30.3 Å². The Morgan fingerprint density at radius 2 is 1.84 bits per heavy atom. The summed E-state index contributed by atoms with van der Waals surface area (Å²) in [5, 5.41) is 12.4. The molecule has 0 bridgehead atoms. The zero-order chi connectivity index (χ0) is 18.6. The summed E-state index contributed by atoms with van der Waals surface area (Å²) in [5.41, 5.74) is 0.714. The quantitative estimate of drug-likeness (QED) is 0.629. The number of carboxylic acid groups (broad SMARTS) is 1. The van der Waals surface area contributed by atoms with Gasteiger partial charge in [-0.2, -0.15) is 0 Å². The molecule has 9 heteroatoms. The third-order valence-corrected chi connectivity index (χ3v) is 7.64. The van der Waals surface area contributed by atoms with Gasteiger partial charge < -0.3 is 20.1 Å². The molecule has 134 valence electrons. The van der Waals surface area contributed by atoms with Gasteiger partial charge in [0.05, 0.1) is 23.2 Å². The number of carbonyl (C=O) groups excluding carboxylic acids is 3. The van der Waals surface area contributed by atoms with Crippen LogP contribution in [0.5, 0.6) is 0 Å². The molecule has 2 aliphatic heterocycles. The Balaban J connectivity index is 1.81. The number of amides is 2. The lowest BCUT2D eigenvalue weighted by molar-refractivity contribution is -0.312. The highest BCUT2D eigenvalue weighted by atomic mass is 32.2. The number of carboxylic acids is 1. The molecule has 3 atom stereocenters. The number of benzene rings is 1. The van der Waals surface area contributed by atoms with Crippen molar-refractivity contribution in [2.45, 2.75) is 42.5 Å². The fourth-order valence-corrected chi connectivity index (χ4v) is 5.64. The summed E-state index contributed by atoms with van der Waals surface area (Å²) in [6, 6.07) is 5.93. The maximum absolute atomic E-state index is 12.7. The SMILES string of the molecule is CC1(C)[C@H](C(=O)[O-])N2C(=O)[C@H](NC(=O)Cc3ccccc3)[C@@H]2S1(=O)=O. The Morgan fingerprint density at radius 1 is 1.24 bits per heavy atom. The number of hydrogen-bond acceptors (Lipinski definition) is 6. The van der Waals surface area contributed by atoms with Gasteiger partial charge in [0.2, 0.25) is 11.8 Å². The van der Waals surface area contributed by atoms with Crippen molar-refractivity contribution in [2.75, 3.05) is 0 Å². The number of nitrogens with one attached hydrogen (secondary N) is 1. The average molecular weight is 365 g/mol. The molecular formula is C16H17N2O6S-. The first-order valence-corrected chi connectivity index (χ1v) is 9.23. The lowest BCUT2D eigenvalue weighted by Crippen LogP contribution is -2.72. The minimum atomic E-state index is -3.99. The molecule has 25 heavy (non-hydrogen) atoms. The molecule has 3 rings (SSSR count). The molecule has 0 saturated carbocycles. The van der Waals surface area contributed by atoms with Gasteiger partial charge in [-0.25, -0.2) is 8.42 Å². The van der Waals surface area contributed by atoms with E-state index in [0.29, 0.717) is 5.56 Å². The molecule has 2 fully saturated rings. The molecule has 1 aromatic rings. The third kappa shape index (κ3) is 2.41. The molecule has 1 N–H and O–H groups in total. The smallest absolute Gasteiger partial charge is 0.250 e. The van der Waals surface area contributed by atoms with E-state index >= 15 is 0 Å². The summed E-state index contributed by atoms with van der Waals surface area (Å²) in [5.74, 6) is -2.86. The average Bonchev–Trinajstić information content (AvgIpc) is 2.67. The van der Waals surface area contributed by atoms with Crippen LogP contribution in [0, 0.1) is 0 Å². The Hall–Kier alpha value is -2.42. The summed E-state index contributed by atoms with van der Waals surface area (Å²) < 4.78 is 23.6. The van der Waals surface area contributed by atoms with Crippen molar-refractivity contribution in [2.24, 2.45) is 0 Å². The van der Waals surface area contributed by atoms with Gasteiger partial charge in [-0.05, 0) is 19.4 Å². The van der Waals surface area contributed by atoms with Crippen LogP contribution in [0.3, 0.4) is 0 Å². The van der Waals surface area contributed by atoms with Crippen LogP contribution in [0.1, 0.15) is 19.4 Å². The molecular weight excluding hydrogens is 348 g/mol. The maximum Gasteiger partial charge on any atom is 0.250 e. The van der Waals surface area contributed by atoms with E-state index < -0.39 is 49.8 Å². The van der Waals surface area contributed by atoms with Crippen molar-refractivity contribution in [1.82, 2.24) is 10.2 Å². The van der Waals surface area contributed by atoms with Gasteiger partial charge in [-0.1, -0.05) is 30.3 Å². The number of hydrogen-bond donors (Lipinski definition) is 1. The van der Waals surface area contributed by atoms with Gasteiger partial charge in [-0.15, -0.1) is 0 Å². The van der Waals surface area contributed by atoms with Crippen molar-refractivity contribution in [3.8, 4) is 0 Å². The van der Waals surface area contributed by atoms with Gasteiger partial charge in [0.25, 0.3) is 0 Å². The standard InChI is InChI=1S/C16H18N2O6S/c1-16(2)12(15(21)22)18-13(20)11(14(18)25(16,23)24)17-10(19)8-9-6-4-3-5-7-9/h3-7,11-12,14H,8H2,1-2H3,(H,17,19)(H,21,22)/p-1/t11-,12-,14-/m0/s1. The highest BCUT2D eigenvalue weighted by Gasteiger charge is 2.70. The largest absolute Gasteiger partial charge is 0.548 e. The highest BCUT2D eigenvalue weighted by Crippen LogP contribution is 2.45. The van der Waals surface area contributed by atoms with Crippen LogP contribution in [0.2, 0.25) is 0 Å². The van der Waals surface area contributed by atoms with Crippen LogP contribution in [-0.2, 0) is 30.6 Å². The monoisotopic (exact) mass is 365 g/mol. The fraction of sp³-hybridized carbons (Fsp3) is 0.438. The molecule has 2 heterocycles.